The van der Waals surface area contributed by atoms with E-state index in [1.165, 1.54) is 4.52 Å². The van der Waals surface area contributed by atoms with E-state index in [9.17, 15) is 10.5 Å². The monoisotopic (exact) mass is 385 g/mol. The molecule has 0 aliphatic heterocycles. The molecule has 8 heteroatoms. The Morgan fingerprint density at radius 3 is 2.29 bits per heavy atom. The molecular formula is C20H12ClN7. The van der Waals surface area contributed by atoms with Crippen molar-refractivity contribution < 1.29 is 0 Å². The van der Waals surface area contributed by atoms with Crippen molar-refractivity contribution >= 4 is 34.6 Å². The largest absolute Gasteiger partial charge is 0.382 e. The fourth-order valence-electron chi connectivity index (χ4n) is 2.84. The third kappa shape index (κ3) is 2.86. The van der Waals surface area contributed by atoms with E-state index < -0.39 is 0 Å². The number of rotatable bonds is 3. The van der Waals surface area contributed by atoms with Crippen LogP contribution in [0.5, 0.6) is 0 Å². The number of nitrogens with zero attached hydrogens (tertiary/aromatic N) is 5. The van der Waals surface area contributed by atoms with Crippen LogP contribution in [-0.2, 0) is 0 Å². The molecule has 0 saturated carbocycles. The molecule has 0 spiro atoms. The number of aromatic nitrogens is 3. The Labute approximate surface area is 165 Å². The van der Waals surface area contributed by atoms with Gasteiger partial charge in [-0.25, -0.2) is 4.98 Å². The average molecular weight is 386 g/mol. The Balaban J connectivity index is 1.95. The van der Waals surface area contributed by atoms with E-state index in [1.807, 2.05) is 30.3 Å². The molecule has 0 atom stereocenters. The van der Waals surface area contributed by atoms with Gasteiger partial charge in [0.05, 0.1) is 5.69 Å². The Hall–Kier alpha value is -4.07. The molecule has 0 unspecified atom stereocenters. The topological polar surface area (TPSA) is 116 Å². The van der Waals surface area contributed by atoms with E-state index in [0.29, 0.717) is 22.1 Å². The zero-order valence-electron chi connectivity index (χ0n) is 14.4. The van der Waals surface area contributed by atoms with Crippen molar-refractivity contribution in [1.82, 2.24) is 14.6 Å². The van der Waals surface area contributed by atoms with Gasteiger partial charge in [0.15, 0.2) is 11.5 Å². The van der Waals surface area contributed by atoms with E-state index in [-0.39, 0.29) is 22.6 Å². The molecule has 4 rings (SSSR count). The van der Waals surface area contributed by atoms with Gasteiger partial charge in [-0.3, -0.25) is 0 Å². The van der Waals surface area contributed by atoms with Crippen molar-refractivity contribution in [2.24, 2.45) is 0 Å². The first-order valence-corrected chi connectivity index (χ1v) is 8.60. The van der Waals surface area contributed by atoms with Crippen LogP contribution in [0.1, 0.15) is 11.1 Å². The zero-order valence-corrected chi connectivity index (χ0v) is 15.1. The summed E-state index contributed by atoms with van der Waals surface area (Å²) in [5, 5.41) is 27.3. The van der Waals surface area contributed by atoms with Gasteiger partial charge in [-0.1, -0.05) is 41.9 Å². The summed E-state index contributed by atoms with van der Waals surface area (Å²) in [5.41, 5.74) is 8.67. The summed E-state index contributed by atoms with van der Waals surface area (Å²) in [6.45, 7) is 0. The molecule has 0 radical (unpaired) electrons. The highest BCUT2D eigenvalue weighted by atomic mass is 35.5. The molecule has 7 nitrogen and oxygen atoms in total. The normalized spacial score (nSPS) is 10.4. The first-order chi connectivity index (χ1) is 13.6. The third-order valence-electron chi connectivity index (χ3n) is 4.18. The smallest absolute Gasteiger partial charge is 0.178 e. The van der Waals surface area contributed by atoms with Crippen molar-refractivity contribution in [3.05, 3.63) is 70.7 Å². The predicted molar refractivity (Wildman–Crippen MR) is 107 cm³/mol. The minimum atomic E-state index is 0.107. The van der Waals surface area contributed by atoms with Gasteiger partial charge in [0.25, 0.3) is 0 Å². The molecule has 3 N–H and O–H groups in total. The molecule has 2 heterocycles. The molecule has 28 heavy (non-hydrogen) atoms. The molecule has 4 aromatic rings. The standard InChI is InChI=1S/C20H12ClN7/c21-13-8-6-12(7-9-13)17-15(10-22)18(24)28-20(26-17)16(11-23)19(27-28)25-14-4-2-1-3-5-14/h1-9H,24H2,(H,25,27). The van der Waals surface area contributed by atoms with Crippen LogP contribution in [0, 0.1) is 22.7 Å². The summed E-state index contributed by atoms with van der Waals surface area (Å²) < 4.78 is 1.31. The van der Waals surface area contributed by atoms with Gasteiger partial charge in [-0.2, -0.15) is 15.0 Å². The highest BCUT2D eigenvalue weighted by Crippen LogP contribution is 2.31. The van der Waals surface area contributed by atoms with Gasteiger partial charge in [-0.05, 0) is 24.3 Å². The van der Waals surface area contributed by atoms with Gasteiger partial charge < -0.3 is 11.1 Å². The second kappa shape index (κ2) is 6.92. The van der Waals surface area contributed by atoms with Crippen molar-refractivity contribution in [3.8, 4) is 23.4 Å². The second-order valence-corrected chi connectivity index (χ2v) is 6.34. The quantitative estimate of drug-likeness (QED) is 0.548. The molecule has 134 valence electrons. The summed E-state index contributed by atoms with van der Waals surface area (Å²) >= 11 is 5.95. The Morgan fingerprint density at radius 1 is 0.964 bits per heavy atom. The van der Waals surface area contributed by atoms with E-state index in [1.54, 1.807) is 24.3 Å². The van der Waals surface area contributed by atoms with E-state index in [0.717, 1.165) is 5.69 Å². The molecule has 0 amide bonds. The number of nitrogens with one attached hydrogen (secondary N) is 1. The number of benzene rings is 2. The lowest BCUT2D eigenvalue weighted by atomic mass is 10.1. The summed E-state index contributed by atoms with van der Waals surface area (Å²) in [5.74, 6) is 0.417. The van der Waals surface area contributed by atoms with Crippen molar-refractivity contribution in [1.29, 1.82) is 10.5 Å². The molecule has 0 aliphatic carbocycles. The molecule has 0 bridgehead atoms. The fourth-order valence-corrected chi connectivity index (χ4v) is 2.97. The number of halogens is 1. The van der Waals surface area contributed by atoms with Crippen LogP contribution < -0.4 is 11.1 Å². The Bertz CT molecular complexity index is 1260. The number of fused-ring (bicyclic) bond motifs is 1. The molecule has 2 aromatic heterocycles. The van der Waals surface area contributed by atoms with Crippen LogP contribution in [0.25, 0.3) is 16.9 Å². The summed E-state index contributed by atoms with van der Waals surface area (Å²) in [6.07, 6.45) is 0. The average Bonchev–Trinajstić information content (AvgIpc) is 3.06. The molecule has 0 fully saturated rings. The maximum Gasteiger partial charge on any atom is 0.178 e. The Morgan fingerprint density at radius 2 is 1.64 bits per heavy atom. The second-order valence-electron chi connectivity index (χ2n) is 5.90. The van der Waals surface area contributed by atoms with Crippen LogP contribution in [-0.4, -0.2) is 14.6 Å². The van der Waals surface area contributed by atoms with Crippen LogP contribution in [0.15, 0.2) is 54.6 Å². The Kier molecular flexibility index (Phi) is 4.29. The first-order valence-electron chi connectivity index (χ1n) is 8.22. The van der Waals surface area contributed by atoms with Gasteiger partial charge in [0, 0.05) is 16.3 Å². The lowest BCUT2D eigenvalue weighted by Gasteiger charge is -2.08. The number of hydrogen-bond acceptors (Lipinski definition) is 6. The number of nitriles is 2. The summed E-state index contributed by atoms with van der Waals surface area (Å²) in [4.78, 5) is 4.53. The van der Waals surface area contributed by atoms with E-state index in [4.69, 9.17) is 17.3 Å². The molecule has 0 saturated heterocycles. The highest BCUT2D eigenvalue weighted by molar-refractivity contribution is 6.30. The molecule has 2 aromatic carbocycles. The SMILES string of the molecule is N#Cc1c(-c2ccc(Cl)cc2)nc2c(C#N)c(Nc3ccccc3)nn2c1N. The maximum atomic E-state index is 9.69. The van der Waals surface area contributed by atoms with Crippen molar-refractivity contribution in [3.63, 3.8) is 0 Å². The lowest BCUT2D eigenvalue weighted by molar-refractivity contribution is 0.953. The number of nitrogens with two attached hydrogens (primary N) is 1. The minimum absolute atomic E-state index is 0.107. The summed E-state index contributed by atoms with van der Waals surface area (Å²) in [6, 6.07) is 20.4. The van der Waals surface area contributed by atoms with Gasteiger partial charge in [-0.15, -0.1) is 5.10 Å². The van der Waals surface area contributed by atoms with Crippen LogP contribution in [0.2, 0.25) is 5.02 Å². The van der Waals surface area contributed by atoms with Crippen molar-refractivity contribution in [2.45, 2.75) is 0 Å². The number of para-hydroxylation sites is 1. The maximum absolute atomic E-state index is 9.69. The molecular weight excluding hydrogens is 374 g/mol. The van der Waals surface area contributed by atoms with E-state index >= 15 is 0 Å². The van der Waals surface area contributed by atoms with Gasteiger partial charge in [0.1, 0.15) is 29.1 Å². The summed E-state index contributed by atoms with van der Waals surface area (Å²) in [7, 11) is 0. The van der Waals surface area contributed by atoms with Gasteiger partial charge >= 0.3 is 0 Å². The fraction of sp³-hybridized carbons (Fsp3) is 0. The van der Waals surface area contributed by atoms with Crippen LogP contribution in [0.3, 0.4) is 0 Å². The van der Waals surface area contributed by atoms with Crippen LogP contribution in [0.4, 0.5) is 17.3 Å². The van der Waals surface area contributed by atoms with Crippen molar-refractivity contribution in [2.75, 3.05) is 11.1 Å². The third-order valence-corrected chi connectivity index (χ3v) is 4.43. The molecule has 0 aliphatic rings. The number of hydrogen-bond donors (Lipinski definition) is 2. The zero-order chi connectivity index (χ0) is 19.7. The van der Waals surface area contributed by atoms with Gasteiger partial charge in [0.2, 0.25) is 0 Å². The highest BCUT2D eigenvalue weighted by Gasteiger charge is 2.21. The minimum Gasteiger partial charge on any atom is -0.382 e. The predicted octanol–water partition coefficient (Wildman–Crippen LogP) is 4.12. The van der Waals surface area contributed by atoms with Crippen LogP contribution >= 0.6 is 11.6 Å². The first kappa shape index (κ1) is 17.3. The van der Waals surface area contributed by atoms with E-state index in [2.05, 4.69) is 27.5 Å². The number of anilines is 3. The number of nitrogen functional groups attached to an aromatic ring is 1. The lowest BCUT2D eigenvalue weighted by Crippen LogP contribution is -2.06.